The minimum atomic E-state index is -0.794. The Bertz CT molecular complexity index is 541. The Morgan fingerprint density at radius 3 is 2.43 bits per heavy atom. The summed E-state index contributed by atoms with van der Waals surface area (Å²) in [4.78, 5) is 25.8. The van der Waals surface area contributed by atoms with Crippen molar-refractivity contribution in [1.29, 1.82) is 0 Å². The summed E-state index contributed by atoms with van der Waals surface area (Å²) in [5.74, 6) is -0.383. The zero-order valence-corrected chi connectivity index (χ0v) is 14.2. The Morgan fingerprint density at radius 1 is 1.22 bits per heavy atom. The molecule has 0 aromatic heterocycles. The molecule has 3 atom stereocenters. The molecule has 4 heteroatoms. The number of benzene rings is 1. The molecule has 4 nitrogen and oxygen atoms in total. The second kappa shape index (κ2) is 7.62. The summed E-state index contributed by atoms with van der Waals surface area (Å²) in [6.07, 6.45) is 1.10. The molecule has 0 spiro atoms. The van der Waals surface area contributed by atoms with Gasteiger partial charge < -0.3 is 10.0 Å². The zero-order valence-electron chi connectivity index (χ0n) is 14.2. The number of amides is 1. The summed E-state index contributed by atoms with van der Waals surface area (Å²) in [5.41, 5.74) is 1.18. The molecule has 1 aromatic rings. The Balaban J connectivity index is 2.08. The van der Waals surface area contributed by atoms with Crippen LogP contribution in [0.25, 0.3) is 0 Å². The van der Waals surface area contributed by atoms with E-state index in [1.807, 2.05) is 25.1 Å². The van der Waals surface area contributed by atoms with Gasteiger partial charge in [0, 0.05) is 19.5 Å². The summed E-state index contributed by atoms with van der Waals surface area (Å²) in [5, 5.41) is 9.27. The second-order valence-corrected chi connectivity index (χ2v) is 7.14. The largest absolute Gasteiger partial charge is 0.481 e. The van der Waals surface area contributed by atoms with Crippen LogP contribution in [0.5, 0.6) is 0 Å². The van der Waals surface area contributed by atoms with Crippen LogP contribution in [0, 0.1) is 17.8 Å². The lowest BCUT2D eigenvalue weighted by atomic mass is 9.84. The molecule has 0 aliphatic carbocycles. The van der Waals surface area contributed by atoms with E-state index in [0.717, 1.165) is 0 Å². The van der Waals surface area contributed by atoms with Gasteiger partial charge in [0.25, 0.3) is 0 Å². The summed E-state index contributed by atoms with van der Waals surface area (Å²) in [6.45, 7) is 7.29. The average molecular weight is 317 g/mol. The molecule has 1 aliphatic rings. The molecular weight excluding hydrogens is 290 g/mol. The summed E-state index contributed by atoms with van der Waals surface area (Å²) in [6, 6.07) is 10.1. The highest BCUT2D eigenvalue weighted by Crippen LogP contribution is 2.30. The van der Waals surface area contributed by atoms with Crippen LogP contribution in [-0.2, 0) is 9.59 Å². The van der Waals surface area contributed by atoms with Gasteiger partial charge in [0.1, 0.15) is 0 Å². The number of aliphatic carboxylic acids is 1. The number of hydrogen-bond acceptors (Lipinski definition) is 2. The molecule has 1 amide bonds. The van der Waals surface area contributed by atoms with E-state index in [2.05, 4.69) is 26.0 Å². The molecule has 1 aliphatic heterocycles. The number of piperidine rings is 1. The molecule has 3 unspecified atom stereocenters. The van der Waals surface area contributed by atoms with Crippen LogP contribution >= 0.6 is 0 Å². The first-order valence-corrected chi connectivity index (χ1v) is 8.44. The SMILES string of the molecule is CC1CC(C(=O)O)CN(C(=O)CC(c2ccccc2)C(C)C)C1. The summed E-state index contributed by atoms with van der Waals surface area (Å²) < 4.78 is 0. The molecule has 23 heavy (non-hydrogen) atoms. The van der Waals surface area contributed by atoms with Crippen LogP contribution in [0.3, 0.4) is 0 Å². The van der Waals surface area contributed by atoms with E-state index < -0.39 is 11.9 Å². The van der Waals surface area contributed by atoms with Gasteiger partial charge in [-0.3, -0.25) is 9.59 Å². The Kier molecular flexibility index (Phi) is 5.80. The lowest BCUT2D eigenvalue weighted by molar-refractivity contribution is -0.147. The molecule has 1 heterocycles. The van der Waals surface area contributed by atoms with Gasteiger partial charge in [-0.2, -0.15) is 0 Å². The zero-order chi connectivity index (χ0) is 17.0. The highest BCUT2D eigenvalue weighted by atomic mass is 16.4. The van der Waals surface area contributed by atoms with Gasteiger partial charge in [-0.05, 0) is 29.7 Å². The van der Waals surface area contributed by atoms with E-state index in [1.54, 1.807) is 4.90 Å². The van der Waals surface area contributed by atoms with Gasteiger partial charge in [-0.15, -0.1) is 0 Å². The number of hydrogen-bond donors (Lipinski definition) is 1. The first kappa shape index (κ1) is 17.5. The van der Waals surface area contributed by atoms with Gasteiger partial charge in [0.15, 0.2) is 0 Å². The highest BCUT2D eigenvalue weighted by molar-refractivity contribution is 5.79. The maximum absolute atomic E-state index is 12.7. The Labute approximate surface area is 138 Å². The van der Waals surface area contributed by atoms with Crippen LogP contribution in [0.15, 0.2) is 30.3 Å². The number of carbonyl (C=O) groups excluding carboxylic acids is 1. The third-order valence-electron chi connectivity index (χ3n) is 4.79. The second-order valence-electron chi connectivity index (χ2n) is 7.14. The number of nitrogens with zero attached hydrogens (tertiary/aromatic N) is 1. The third kappa shape index (κ3) is 4.57. The van der Waals surface area contributed by atoms with Crippen molar-refractivity contribution in [2.45, 2.75) is 39.5 Å². The van der Waals surface area contributed by atoms with Gasteiger partial charge in [-0.1, -0.05) is 51.1 Å². The summed E-state index contributed by atoms with van der Waals surface area (Å²) in [7, 11) is 0. The maximum atomic E-state index is 12.7. The number of carbonyl (C=O) groups is 2. The van der Waals surface area contributed by atoms with Crippen molar-refractivity contribution in [2.24, 2.45) is 17.8 Å². The molecule has 126 valence electrons. The summed E-state index contributed by atoms with van der Waals surface area (Å²) >= 11 is 0. The van der Waals surface area contributed by atoms with Crippen molar-refractivity contribution >= 4 is 11.9 Å². The molecule has 1 N–H and O–H groups in total. The first-order chi connectivity index (χ1) is 10.9. The van der Waals surface area contributed by atoms with Crippen LogP contribution in [0.2, 0.25) is 0 Å². The third-order valence-corrected chi connectivity index (χ3v) is 4.79. The highest BCUT2D eigenvalue weighted by Gasteiger charge is 2.33. The molecular formula is C19H27NO3. The monoisotopic (exact) mass is 317 g/mol. The predicted molar refractivity (Wildman–Crippen MR) is 90.1 cm³/mol. The van der Waals surface area contributed by atoms with Gasteiger partial charge in [-0.25, -0.2) is 0 Å². The number of rotatable bonds is 5. The quantitative estimate of drug-likeness (QED) is 0.905. The van der Waals surface area contributed by atoms with E-state index in [9.17, 15) is 14.7 Å². The first-order valence-electron chi connectivity index (χ1n) is 8.44. The van der Waals surface area contributed by atoms with Crippen molar-refractivity contribution in [3.05, 3.63) is 35.9 Å². The van der Waals surface area contributed by atoms with Crippen LogP contribution in [-0.4, -0.2) is 35.0 Å². The van der Waals surface area contributed by atoms with Gasteiger partial charge in [0.2, 0.25) is 5.91 Å². The van der Waals surface area contributed by atoms with Crippen LogP contribution < -0.4 is 0 Å². The van der Waals surface area contributed by atoms with Crippen molar-refractivity contribution < 1.29 is 14.7 Å². The molecule has 1 fully saturated rings. The fraction of sp³-hybridized carbons (Fsp3) is 0.579. The molecule has 0 radical (unpaired) electrons. The Morgan fingerprint density at radius 2 is 1.87 bits per heavy atom. The van der Waals surface area contributed by atoms with Gasteiger partial charge in [0.05, 0.1) is 5.92 Å². The van der Waals surface area contributed by atoms with E-state index in [4.69, 9.17) is 0 Å². The molecule has 1 saturated heterocycles. The lowest BCUT2D eigenvalue weighted by Crippen LogP contribution is -2.46. The topological polar surface area (TPSA) is 57.6 Å². The number of likely N-dealkylation sites (tertiary alicyclic amines) is 1. The number of carboxylic acid groups (broad SMARTS) is 1. The van der Waals surface area contributed by atoms with Crippen molar-refractivity contribution in [3.8, 4) is 0 Å². The lowest BCUT2D eigenvalue weighted by Gasteiger charge is -2.36. The van der Waals surface area contributed by atoms with Crippen LogP contribution in [0.1, 0.15) is 45.1 Å². The average Bonchev–Trinajstić information content (AvgIpc) is 2.52. The van der Waals surface area contributed by atoms with Crippen molar-refractivity contribution in [2.75, 3.05) is 13.1 Å². The molecule has 0 bridgehead atoms. The van der Waals surface area contributed by atoms with E-state index in [1.165, 1.54) is 5.56 Å². The van der Waals surface area contributed by atoms with Crippen molar-refractivity contribution in [1.82, 2.24) is 4.90 Å². The molecule has 1 aromatic carbocycles. The maximum Gasteiger partial charge on any atom is 0.308 e. The molecule has 2 rings (SSSR count). The smallest absolute Gasteiger partial charge is 0.308 e. The fourth-order valence-corrected chi connectivity index (χ4v) is 3.49. The van der Waals surface area contributed by atoms with E-state index in [0.29, 0.717) is 31.8 Å². The minimum absolute atomic E-state index is 0.0744. The van der Waals surface area contributed by atoms with Crippen LogP contribution in [0.4, 0.5) is 0 Å². The van der Waals surface area contributed by atoms with E-state index >= 15 is 0 Å². The predicted octanol–water partition coefficient (Wildman–Crippen LogP) is 3.39. The Hall–Kier alpha value is -1.84. The van der Waals surface area contributed by atoms with Crippen molar-refractivity contribution in [3.63, 3.8) is 0 Å². The normalized spacial score (nSPS) is 22.9. The number of carboxylic acids is 1. The molecule has 0 saturated carbocycles. The fourth-order valence-electron chi connectivity index (χ4n) is 3.49. The minimum Gasteiger partial charge on any atom is -0.481 e. The van der Waals surface area contributed by atoms with E-state index in [-0.39, 0.29) is 17.7 Å². The van der Waals surface area contributed by atoms with Gasteiger partial charge >= 0.3 is 5.97 Å². The standard InChI is InChI=1S/C19H27NO3/c1-13(2)17(15-7-5-4-6-8-15)10-18(21)20-11-14(3)9-16(12-20)19(22)23/h4-8,13-14,16-17H,9-12H2,1-3H3,(H,22,23).